The molecule has 27 heavy (non-hydrogen) atoms. The van der Waals surface area contributed by atoms with Gasteiger partial charge in [0.05, 0.1) is 18.5 Å². The number of nitrogens with zero attached hydrogens (tertiary/aromatic N) is 2. The summed E-state index contributed by atoms with van der Waals surface area (Å²) in [5, 5.41) is 7.14. The average Bonchev–Trinajstić information content (AvgIpc) is 3.12. The average molecular weight is 367 g/mol. The van der Waals surface area contributed by atoms with Gasteiger partial charge in [-0.15, -0.1) is 0 Å². The molecule has 0 unspecified atom stereocenters. The van der Waals surface area contributed by atoms with Gasteiger partial charge in [-0.2, -0.15) is 5.10 Å². The monoisotopic (exact) mass is 367 g/mol. The van der Waals surface area contributed by atoms with Crippen molar-refractivity contribution in [2.45, 2.75) is 26.2 Å². The molecule has 6 heteroatoms. The summed E-state index contributed by atoms with van der Waals surface area (Å²) in [4.78, 5) is 12.6. The largest absolute Gasteiger partial charge is 0.495 e. The van der Waals surface area contributed by atoms with E-state index in [1.807, 2.05) is 18.2 Å². The van der Waals surface area contributed by atoms with Crippen molar-refractivity contribution < 1.29 is 13.9 Å². The van der Waals surface area contributed by atoms with E-state index in [2.05, 4.69) is 31.2 Å². The lowest BCUT2D eigenvalue weighted by atomic mass is 9.87. The van der Waals surface area contributed by atoms with Crippen molar-refractivity contribution in [3.63, 3.8) is 0 Å². The number of methoxy groups -OCH3 is 1. The Bertz CT molecular complexity index is 956. The third-order valence-electron chi connectivity index (χ3n) is 4.23. The van der Waals surface area contributed by atoms with Crippen LogP contribution in [0.25, 0.3) is 5.69 Å². The van der Waals surface area contributed by atoms with Gasteiger partial charge < -0.3 is 10.1 Å². The number of carbonyl (C=O) groups is 1. The number of amides is 1. The molecule has 1 heterocycles. The fourth-order valence-electron chi connectivity index (χ4n) is 2.64. The van der Waals surface area contributed by atoms with Gasteiger partial charge in [-0.25, -0.2) is 9.07 Å². The molecule has 1 N–H and O–H groups in total. The quantitative estimate of drug-likeness (QED) is 0.735. The van der Waals surface area contributed by atoms with E-state index in [1.54, 1.807) is 31.5 Å². The number of ether oxygens (including phenoxy) is 1. The summed E-state index contributed by atoms with van der Waals surface area (Å²) in [6.07, 6.45) is 1.66. The molecule has 0 bridgehead atoms. The Morgan fingerprint density at radius 1 is 1.11 bits per heavy atom. The Labute approximate surface area is 157 Å². The number of aromatic nitrogens is 2. The highest BCUT2D eigenvalue weighted by Crippen LogP contribution is 2.31. The van der Waals surface area contributed by atoms with E-state index in [1.165, 1.54) is 16.8 Å². The molecule has 0 saturated heterocycles. The lowest BCUT2D eigenvalue weighted by Crippen LogP contribution is -2.16. The van der Waals surface area contributed by atoms with Crippen LogP contribution in [0.15, 0.2) is 54.7 Å². The minimum atomic E-state index is -0.347. The maximum Gasteiger partial charge on any atom is 0.276 e. The van der Waals surface area contributed by atoms with E-state index in [9.17, 15) is 9.18 Å². The van der Waals surface area contributed by atoms with Crippen molar-refractivity contribution in [3.05, 3.63) is 71.8 Å². The zero-order chi connectivity index (χ0) is 19.6. The standard InChI is InChI=1S/C21H22FN3O2/c1-21(2,3)14-5-10-19(27-4)18(13-14)23-20(26)17-11-12-25(24-17)16-8-6-15(22)7-9-16/h5-13H,1-4H3,(H,23,26). The number of anilines is 1. The molecule has 0 radical (unpaired) electrons. The zero-order valence-corrected chi connectivity index (χ0v) is 15.8. The van der Waals surface area contributed by atoms with Gasteiger partial charge in [0, 0.05) is 6.20 Å². The van der Waals surface area contributed by atoms with E-state index < -0.39 is 0 Å². The molecule has 1 aromatic heterocycles. The van der Waals surface area contributed by atoms with Crippen LogP contribution in [0, 0.1) is 5.82 Å². The molecular formula is C21H22FN3O2. The first-order valence-electron chi connectivity index (χ1n) is 8.59. The number of nitrogens with one attached hydrogen (secondary N) is 1. The maximum atomic E-state index is 13.1. The van der Waals surface area contributed by atoms with Gasteiger partial charge in [-0.05, 0) is 53.4 Å². The topological polar surface area (TPSA) is 56.1 Å². The summed E-state index contributed by atoms with van der Waals surface area (Å²) >= 11 is 0. The number of rotatable bonds is 4. The second-order valence-corrected chi connectivity index (χ2v) is 7.24. The number of hydrogen-bond acceptors (Lipinski definition) is 3. The van der Waals surface area contributed by atoms with Crippen LogP contribution in [-0.2, 0) is 5.41 Å². The van der Waals surface area contributed by atoms with Gasteiger partial charge in [-0.3, -0.25) is 4.79 Å². The minimum absolute atomic E-state index is 0.0596. The Hall–Kier alpha value is -3.15. The molecule has 3 aromatic rings. The van der Waals surface area contributed by atoms with Crippen LogP contribution < -0.4 is 10.1 Å². The number of halogens is 1. The van der Waals surface area contributed by atoms with Crippen LogP contribution >= 0.6 is 0 Å². The fraction of sp³-hybridized carbons (Fsp3) is 0.238. The summed E-state index contributed by atoms with van der Waals surface area (Å²) in [5.41, 5.74) is 2.53. The molecule has 2 aromatic carbocycles. The zero-order valence-electron chi connectivity index (χ0n) is 15.8. The molecular weight excluding hydrogens is 345 g/mol. The lowest BCUT2D eigenvalue weighted by Gasteiger charge is -2.21. The predicted octanol–water partition coefficient (Wildman–Crippen LogP) is 4.57. The molecule has 5 nitrogen and oxygen atoms in total. The van der Waals surface area contributed by atoms with Crippen molar-refractivity contribution in [1.82, 2.24) is 9.78 Å². The molecule has 1 amide bonds. The second kappa shape index (κ2) is 7.23. The van der Waals surface area contributed by atoms with Gasteiger partial charge in [-0.1, -0.05) is 26.8 Å². The van der Waals surface area contributed by atoms with Crippen LogP contribution in [0.1, 0.15) is 36.8 Å². The molecule has 0 aliphatic rings. The van der Waals surface area contributed by atoms with Crippen LogP contribution in [-0.4, -0.2) is 22.8 Å². The second-order valence-electron chi connectivity index (χ2n) is 7.24. The molecule has 0 aliphatic carbocycles. The van der Waals surface area contributed by atoms with E-state index in [4.69, 9.17) is 4.74 Å². The Kier molecular flexibility index (Phi) is 4.99. The fourth-order valence-corrected chi connectivity index (χ4v) is 2.64. The number of hydrogen-bond donors (Lipinski definition) is 1. The highest BCUT2D eigenvalue weighted by molar-refractivity contribution is 6.03. The van der Waals surface area contributed by atoms with E-state index in [-0.39, 0.29) is 22.8 Å². The maximum absolute atomic E-state index is 13.1. The molecule has 140 valence electrons. The number of benzene rings is 2. The summed E-state index contributed by atoms with van der Waals surface area (Å²) < 4.78 is 19.9. The summed E-state index contributed by atoms with van der Waals surface area (Å²) in [6.45, 7) is 6.31. The van der Waals surface area contributed by atoms with Crippen molar-refractivity contribution in [2.75, 3.05) is 12.4 Å². The highest BCUT2D eigenvalue weighted by atomic mass is 19.1. The molecule has 0 spiro atoms. The van der Waals surface area contributed by atoms with Crippen LogP contribution in [0.3, 0.4) is 0 Å². The lowest BCUT2D eigenvalue weighted by molar-refractivity contribution is 0.102. The Balaban J connectivity index is 1.84. The van der Waals surface area contributed by atoms with E-state index in [0.29, 0.717) is 17.1 Å². The first-order valence-corrected chi connectivity index (χ1v) is 8.59. The molecule has 3 rings (SSSR count). The van der Waals surface area contributed by atoms with Crippen LogP contribution in [0.5, 0.6) is 5.75 Å². The van der Waals surface area contributed by atoms with Crippen molar-refractivity contribution >= 4 is 11.6 Å². The normalized spacial score (nSPS) is 11.3. The summed E-state index contributed by atoms with van der Waals surface area (Å²) in [6, 6.07) is 13.2. The van der Waals surface area contributed by atoms with E-state index >= 15 is 0 Å². The van der Waals surface area contributed by atoms with Crippen molar-refractivity contribution in [3.8, 4) is 11.4 Å². The molecule has 0 aliphatic heterocycles. The van der Waals surface area contributed by atoms with Gasteiger partial charge in [0.2, 0.25) is 0 Å². The molecule has 0 saturated carbocycles. The predicted molar refractivity (Wildman–Crippen MR) is 103 cm³/mol. The number of carbonyl (C=O) groups excluding carboxylic acids is 1. The third kappa shape index (κ3) is 4.16. The van der Waals surface area contributed by atoms with Gasteiger partial charge >= 0.3 is 0 Å². The van der Waals surface area contributed by atoms with Crippen LogP contribution in [0.2, 0.25) is 0 Å². The third-order valence-corrected chi connectivity index (χ3v) is 4.23. The minimum Gasteiger partial charge on any atom is -0.495 e. The van der Waals surface area contributed by atoms with E-state index in [0.717, 1.165) is 5.56 Å². The highest BCUT2D eigenvalue weighted by Gasteiger charge is 2.18. The Morgan fingerprint density at radius 3 is 2.44 bits per heavy atom. The molecule has 0 atom stereocenters. The van der Waals surface area contributed by atoms with Crippen molar-refractivity contribution in [1.29, 1.82) is 0 Å². The summed E-state index contributed by atoms with van der Waals surface area (Å²) in [7, 11) is 1.56. The molecule has 0 fully saturated rings. The van der Waals surface area contributed by atoms with Gasteiger partial charge in [0.25, 0.3) is 5.91 Å². The van der Waals surface area contributed by atoms with Crippen LogP contribution in [0.4, 0.5) is 10.1 Å². The summed E-state index contributed by atoms with van der Waals surface area (Å²) in [5.74, 6) is -0.0933. The first kappa shape index (κ1) is 18.6. The Morgan fingerprint density at radius 2 is 1.81 bits per heavy atom. The smallest absolute Gasteiger partial charge is 0.276 e. The van der Waals surface area contributed by atoms with Gasteiger partial charge in [0.1, 0.15) is 11.6 Å². The van der Waals surface area contributed by atoms with Gasteiger partial charge in [0.15, 0.2) is 5.69 Å². The SMILES string of the molecule is COc1ccc(C(C)(C)C)cc1NC(=O)c1ccn(-c2ccc(F)cc2)n1. The van der Waals surface area contributed by atoms with Crippen molar-refractivity contribution in [2.24, 2.45) is 0 Å². The first-order chi connectivity index (χ1) is 12.8.